The lowest BCUT2D eigenvalue weighted by atomic mass is 10.00. The number of halogens is 1. The summed E-state index contributed by atoms with van der Waals surface area (Å²) in [6, 6.07) is 11.1. The number of nitrogens with zero attached hydrogens (tertiary/aromatic N) is 1. The van der Waals surface area contributed by atoms with Crippen molar-refractivity contribution in [2.45, 2.75) is 53.8 Å². The fraction of sp³-hybridized carbons (Fsp3) is 0.533. The maximum absolute atomic E-state index is 9.47. The molecule has 2 saturated carbocycles. The van der Waals surface area contributed by atoms with Crippen LogP contribution in [0.1, 0.15) is 32.1 Å². The van der Waals surface area contributed by atoms with Crippen LogP contribution >= 0.6 is 23.4 Å². The average molecular weight is 293 g/mol. The van der Waals surface area contributed by atoms with Gasteiger partial charge in [-0.1, -0.05) is 11.6 Å². The molecular formula is C15H17ClN2S. The summed E-state index contributed by atoms with van der Waals surface area (Å²) in [5, 5.41) is 14.3. The third-order valence-corrected chi connectivity index (χ3v) is 5.39. The standard InChI is InChI=1S/C15H17ClN2S/c16-11-1-5-13(6-2-11)19-14-7-8-15(9-14,10-17)18-12-3-4-12/h1-2,5-6,12,14,18H,3-4,7-9H2. The van der Waals surface area contributed by atoms with Gasteiger partial charge in [0.2, 0.25) is 0 Å². The second kappa shape index (κ2) is 5.36. The van der Waals surface area contributed by atoms with Gasteiger partial charge in [0, 0.05) is 21.2 Å². The molecule has 0 heterocycles. The van der Waals surface area contributed by atoms with E-state index in [2.05, 4.69) is 23.5 Å². The number of hydrogen-bond donors (Lipinski definition) is 1. The summed E-state index contributed by atoms with van der Waals surface area (Å²) in [4.78, 5) is 1.24. The minimum atomic E-state index is -0.273. The van der Waals surface area contributed by atoms with Crippen molar-refractivity contribution in [1.82, 2.24) is 5.32 Å². The largest absolute Gasteiger partial charge is 0.297 e. The van der Waals surface area contributed by atoms with Crippen LogP contribution in [-0.4, -0.2) is 16.8 Å². The lowest BCUT2D eigenvalue weighted by Crippen LogP contribution is -2.43. The Balaban J connectivity index is 1.61. The second-order valence-electron chi connectivity index (χ2n) is 5.55. The first-order valence-corrected chi connectivity index (χ1v) is 8.06. The van der Waals surface area contributed by atoms with Crippen molar-refractivity contribution in [2.75, 3.05) is 0 Å². The number of nitriles is 1. The van der Waals surface area contributed by atoms with E-state index >= 15 is 0 Å². The van der Waals surface area contributed by atoms with E-state index in [1.54, 1.807) is 0 Å². The highest BCUT2D eigenvalue weighted by molar-refractivity contribution is 8.00. The van der Waals surface area contributed by atoms with E-state index in [0.717, 1.165) is 24.3 Å². The van der Waals surface area contributed by atoms with Crippen LogP contribution in [0.5, 0.6) is 0 Å². The van der Waals surface area contributed by atoms with Crippen molar-refractivity contribution >= 4 is 23.4 Å². The summed E-state index contributed by atoms with van der Waals surface area (Å²) >= 11 is 7.77. The van der Waals surface area contributed by atoms with E-state index in [1.165, 1.54) is 17.7 Å². The van der Waals surface area contributed by atoms with Gasteiger partial charge in [0.15, 0.2) is 0 Å². The molecule has 2 aliphatic rings. The van der Waals surface area contributed by atoms with Gasteiger partial charge in [-0.3, -0.25) is 5.32 Å². The predicted octanol–water partition coefficient (Wildman–Crippen LogP) is 4.00. The van der Waals surface area contributed by atoms with Crippen molar-refractivity contribution in [3.8, 4) is 6.07 Å². The first-order valence-electron chi connectivity index (χ1n) is 6.80. The van der Waals surface area contributed by atoms with Gasteiger partial charge in [0.1, 0.15) is 5.54 Å². The van der Waals surface area contributed by atoms with Crippen LogP contribution < -0.4 is 5.32 Å². The van der Waals surface area contributed by atoms with Gasteiger partial charge in [-0.15, -0.1) is 11.8 Å². The van der Waals surface area contributed by atoms with Crippen molar-refractivity contribution in [2.24, 2.45) is 0 Å². The van der Waals surface area contributed by atoms with Crippen molar-refractivity contribution in [3.05, 3.63) is 29.3 Å². The molecule has 2 unspecified atom stereocenters. The fourth-order valence-electron chi connectivity index (χ4n) is 2.69. The zero-order valence-corrected chi connectivity index (χ0v) is 12.3. The van der Waals surface area contributed by atoms with Gasteiger partial charge >= 0.3 is 0 Å². The molecule has 100 valence electrons. The highest BCUT2D eigenvalue weighted by Gasteiger charge is 2.42. The van der Waals surface area contributed by atoms with Crippen LogP contribution in [-0.2, 0) is 0 Å². The SMILES string of the molecule is N#CC1(NC2CC2)CCC(Sc2ccc(Cl)cc2)C1. The molecule has 0 radical (unpaired) electrons. The molecule has 0 amide bonds. The van der Waals surface area contributed by atoms with Gasteiger partial charge in [-0.05, 0) is 56.4 Å². The molecule has 19 heavy (non-hydrogen) atoms. The molecule has 1 N–H and O–H groups in total. The second-order valence-corrected chi connectivity index (χ2v) is 7.36. The van der Waals surface area contributed by atoms with Gasteiger partial charge in [0.05, 0.1) is 6.07 Å². The van der Waals surface area contributed by atoms with E-state index in [1.807, 2.05) is 23.9 Å². The summed E-state index contributed by atoms with van der Waals surface area (Å²) in [5.41, 5.74) is -0.273. The van der Waals surface area contributed by atoms with Gasteiger partial charge in [-0.25, -0.2) is 0 Å². The molecule has 2 nitrogen and oxygen atoms in total. The highest BCUT2D eigenvalue weighted by Crippen LogP contribution is 2.41. The monoisotopic (exact) mass is 292 g/mol. The third-order valence-electron chi connectivity index (χ3n) is 3.86. The molecule has 2 aliphatic carbocycles. The number of hydrogen-bond acceptors (Lipinski definition) is 3. The maximum atomic E-state index is 9.47. The topological polar surface area (TPSA) is 35.8 Å². The fourth-order valence-corrected chi connectivity index (χ4v) is 4.10. The lowest BCUT2D eigenvalue weighted by Gasteiger charge is -2.22. The molecule has 4 heteroatoms. The first-order chi connectivity index (χ1) is 9.19. The third kappa shape index (κ3) is 3.25. The van der Waals surface area contributed by atoms with Gasteiger partial charge in [-0.2, -0.15) is 5.26 Å². The Morgan fingerprint density at radius 1 is 1.26 bits per heavy atom. The highest BCUT2D eigenvalue weighted by atomic mass is 35.5. The van der Waals surface area contributed by atoms with Crippen LogP contribution in [0, 0.1) is 11.3 Å². The van der Waals surface area contributed by atoms with Crippen LogP contribution in [0.3, 0.4) is 0 Å². The zero-order valence-electron chi connectivity index (χ0n) is 10.7. The van der Waals surface area contributed by atoms with E-state index in [-0.39, 0.29) is 5.54 Å². The minimum absolute atomic E-state index is 0.273. The maximum Gasteiger partial charge on any atom is 0.108 e. The molecule has 2 atom stereocenters. The van der Waals surface area contributed by atoms with Gasteiger partial charge < -0.3 is 0 Å². The Labute approximate surface area is 123 Å². The molecule has 1 aromatic rings. The van der Waals surface area contributed by atoms with Crippen LogP contribution in [0.25, 0.3) is 0 Å². The van der Waals surface area contributed by atoms with Crippen LogP contribution in [0.2, 0.25) is 5.02 Å². The predicted molar refractivity (Wildman–Crippen MR) is 79.4 cm³/mol. The number of rotatable bonds is 4. The van der Waals surface area contributed by atoms with E-state index < -0.39 is 0 Å². The molecular weight excluding hydrogens is 276 g/mol. The van der Waals surface area contributed by atoms with E-state index in [9.17, 15) is 5.26 Å². The summed E-state index contributed by atoms with van der Waals surface area (Å²) in [6.45, 7) is 0. The minimum Gasteiger partial charge on any atom is -0.297 e. The normalized spacial score (nSPS) is 30.2. The zero-order chi connectivity index (χ0) is 13.3. The summed E-state index contributed by atoms with van der Waals surface area (Å²) in [6.07, 6.45) is 5.51. The molecule has 0 spiro atoms. The van der Waals surface area contributed by atoms with Gasteiger partial charge in [0.25, 0.3) is 0 Å². The molecule has 0 aliphatic heterocycles. The average Bonchev–Trinajstić information content (AvgIpc) is 3.13. The lowest BCUT2D eigenvalue weighted by molar-refractivity contribution is 0.420. The molecule has 2 fully saturated rings. The van der Waals surface area contributed by atoms with Crippen molar-refractivity contribution in [1.29, 1.82) is 5.26 Å². The Hall–Kier alpha value is -0.690. The molecule has 0 aromatic heterocycles. The summed E-state index contributed by atoms with van der Waals surface area (Å²) < 4.78 is 0. The Bertz CT molecular complexity index is 492. The quantitative estimate of drug-likeness (QED) is 0.911. The van der Waals surface area contributed by atoms with Crippen molar-refractivity contribution in [3.63, 3.8) is 0 Å². The Kier molecular flexibility index (Phi) is 3.75. The van der Waals surface area contributed by atoms with Crippen molar-refractivity contribution < 1.29 is 0 Å². The summed E-state index contributed by atoms with van der Waals surface area (Å²) in [7, 11) is 0. The van der Waals surface area contributed by atoms with E-state index in [0.29, 0.717) is 11.3 Å². The van der Waals surface area contributed by atoms with E-state index in [4.69, 9.17) is 11.6 Å². The van der Waals surface area contributed by atoms with Crippen LogP contribution in [0.15, 0.2) is 29.2 Å². The molecule has 3 rings (SSSR count). The molecule has 1 aromatic carbocycles. The number of benzene rings is 1. The first kappa shape index (κ1) is 13.3. The number of thioether (sulfide) groups is 1. The molecule has 0 saturated heterocycles. The van der Waals surface area contributed by atoms with Crippen LogP contribution in [0.4, 0.5) is 0 Å². The summed E-state index contributed by atoms with van der Waals surface area (Å²) in [5.74, 6) is 0. The number of nitrogens with one attached hydrogen (secondary N) is 1. The Morgan fingerprint density at radius 3 is 2.63 bits per heavy atom. The smallest absolute Gasteiger partial charge is 0.108 e. The molecule has 0 bridgehead atoms. The Morgan fingerprint density at radius 2 is 2.00 bits per heavy atom.